The number of hydrogen-bond donors (Lipinski definition) is 1. The highest BCUT2D eigenvalue weighted by molar-refractivity contribution is 5.67. The Hall–Kier alpha value is -3.73. The first kappa shape index (κ1) is 27.3. The zero-order chi connectivity index (χ0) is 27.6. The van der Waals surface area contributed by atoms with Crippen LogP contribution in [-0.2, 0) is 28.6 Å². The molecule has 1 aliphatic carbocycles. The maximum Gasteiger partial charge on any atom is 0.345 e. The van der Waals surface area contributed by atoms with Gasteiger partial charge in [-0.25, -0.2) is 4.79 Å². The number of nitrogens with zero attached hydrogens (tertiary/aromatic N) is 1. The Kier molecular flexibility index (Phi) is 7.86. The monoisotopic (exact) mass is 529 g/mol. The maximum atomic E-state index is 13.0. The van der Waals surface area contributed by atoms with Gasteiger partial charge in [-0.2, -0.15) is 0 Å². The molecule has 1 N–H and O–H groups in total. The number of ether oxygens (including phenoxy) is 4. The Morgan fingerprint density at radius 2 is 1.95 bits per heavy atom. The molecule has 0 aromatic carbocycles. The molecule has 1 aliphatic heterocycles. The normalized spacial score (nSPS) is 26.7. The van der Waals surface area contributed by atoms with Crippen molar-refractivity contribution in [3.63, 3.8) is 0 Å². The minimum Gasteiger partial charge on any atom is -0.482 e. The molecule has 2 aliphatic rings. The third-order valence-corrected chi connectivity index (χ3v) is 7.12. The minimum absolute atomic E-state index is 0.0150. The number of aliphatic hydroxyl groups is 1. The second-order valence-corrected chi connectivity index (χ2v) is 9.96. The zero-order valence-corrected chi connectivity index (χ0v) is 21.7. The van der Waals surface area contributed by atoms with Crippen molar-refractivity contribution in [3.8, 4) is 17.1 Å². The number of carbonyl (C=O) groups excluding carboxylic acids is 3. The Morgan fingerprint density at radius 3 is 2.58 bits per heavy atom. The van der Waals surface area contributed by atoms with Gasteiger partial charge in [0.1, 0.15) is 41.5 Å². The molecule has 0 saturated heterocycles. The predicted octanol–water partition coefficient (Wildman–Crippen LogP) is 2.73. The number of carbonyl (C=O) groups is 3. The van der Waals surface area contributed by atoms with Crippen molar-refractivity contribution in [3.05, 3.63) is 46.6 Å². The molecule has 1 unspecified atom stereocenters. The lowest BCUT2D eigenvalue weighted by Crippen LogP contribution is -2.61. The predicted molar refractivity (Wildman–Crippen MR) is 131 cm³/mol. The number of esters is 3. The number of fused-ring (bicyclic) bond motifs is 2. The van der Waals surface area contributed by atoms with E-state index in [0.29, 0.717) is 18.4 Å². The van der Waals surface area contributed by atoms with Crippen molar-refractivity contribution >= 4 is 17.9 Å². The van der Waals surface area contributed by atoms with Gasteiger partial charge in [0, 0.05) is 50.7 Å². The Balaban J connectivity index is 1.67. The fourth-order valence-electron chi connectivity index (χ4n) is 5.50. The number of rotatable bonds is 7. The van der Waals surface area contributed by atoms with Gasteiger partial charge in [-0.05, 0) is 44.2 Å². The lowest BCUT2D eigenvalue weighted by atomic mass is 9.64. The van der Waals surface area contributed by atoms with Crippen LogP contribution in [0.25, 0.3) is 11.3 Å². The number of hydrogen-bond acceptors (Lipinski definition) is 11. The van der Waals surface area contributed by atoms with Crippen molar-refractivity contribution in [2.45, 2.75) is 70.9 Å². The first-order chi connectivity index (χ1) is 18.0. The number of aliphatic hydroxyl groups excluding tert-OH is 1. The molecule has 0 spiro atoms. The molecule has 38 heavy (non-hydrogen) atoms. The molecule has 4 rings (SSSR count). The first-order valence-electron chi connectivity index (χ1n) is 12.4. The summed E-state index contributed by atoms with van der Waals surface area (Å²) in [6, 6.07) is 4.96. The van der Waals surface area contributed by atoms with Crippen LogP contribution in [0, 0.1) is 11.8 Å². The summed E-state index contributed by atoms with van der Waals surface area (Å²) in [6.45, 7) is 5.41. The van der Waals surface area contributed by atoms with Crippen molar-refractivity contribution in [2.24, 2.45) is 11.8 Å². The summed E-state index contributed by atoms with van der Waals surface area (Å²) < 4.78 is 28.0. The molecule has 1 fully saturated rings. The van der Waals surface area contributed by atoms with Crippen LogP contribution < -0.4 is 10.4 Å². The molecule has 1 saturated carbocycles. The van der Waals surface area contributed by atoms with Gasteiger partial charge < -0.3 is 28.5 Å². The van der Waals surface area contributed by atoms with Crippen molar-refractivity contribution in [1.29, 1.82) is 0 Å². The second kappa shape index (κ2) is 10.9. The standard InChI is InChI=1S/C27H31NO10/c1-14(29)34-13-19(35-15(2)30)8-17-9-20-25(32)24-22(38-27(20,4)23(10-17)36-16(3)31)11-21(37-26(24)33)18-6-5-7-28-12-18/h5-7,11-12,17,19-20,23,25,32H,8-10,13H2,1-4H3/t17?,19-,20+,23+,25+,27+/m0/s1. The molecule has 6 atom stereocenters. The number of pyridine rings is 1. The van der Waals surface area contributed by atoms with Gasteiger partial charge in [-0.15, -0.1) is 0 Å². The van der Waals surface area contributed by atoms with Gasteiger partial charge in [0.15, 0.2) is 0 Å². The molecule has 2 aromatic rings. The quantitative estimate of drug-likeness (QED) is 0.416. The smallest absolute Gasteiger partial charge is 0.345 e. The second-order valence-electron chi connectivity index (χ2n) is 9.96. The summed E-state index contributed by atoms with van der Waals surface area (Å²) in [5, 5.41) is 11.4. The molecule has 0 radical (unpaired) electrons. The third-order valence-electron chi connectivity index (χ3n) is 7.12. The highest BCUT2D eigenvalue weighted by atomic mass is 16.6. The van der Waals surface area contributed by atoms with Crippen LogP contribution in [0.3, 0.4) is 0 Å². The molecule has 2 aromatic heterocycles. The first-order valence-corrected chi connectivity index (χ1v) is 12.4. The van der Waals surface area contributed by atoms with Gasteiger partial charge in [-0.3, -0.25) is 19.4 Å². The van der Waals surface area contributed by atoms with Crippen LogP contribution in [0.5, 0.6) is 5.75 Å². The average molecular weight is 530 g/mol. The maximum absolute atomic E-state index is 13.0. The average Bonchev–Trinajstić information content (AvgIpc) is 2.83. The van der Waals surface area contributed by atoms with E-state index < -0.39 is 53.4 Å². The highest BCUT2D eigenvalue weighted by Crippen LogP contribution is 2.52. The van der Waals surface area contributed by atoms with Crippen LogP contribution in [-0.4, -0.2) is 52.4 Å². The minimum atomic E-state index is -1.27. The molecule has 3 heterocycles. The van der Waals surface area contributed by atoms with E-state index in [4.69, 9.17) is 23.4 Å². The zero-order valence-electron chi connectivity index (χ0n) is 21.7. The molecule has 0 amide bonds. The van der Waals surface area contributed by atoms with Crippen LogP contribution in [0.2, 0.25) is 0 Å². The van der Waals surface area contributed by atoms with E-state index in [0.717, 1.165) is 0 Å². The van der Waals surface area contributed by atoms with Crippen LogP contribution >= 0.6 is 0 Å². The number of aromatic nitrogens is 1. The molecule has 11 nitrogen and oxygen atoms in total. The molecular weight excluding hydrogens is 498 g/mol. The molecule has 11 heteroatoms. The van der Waals surface area contributed by atoms with Crippen molar-refractivity contribution in [1.82, 2.24) is 4.98 Å². The van der Waals surface area contributed by atoms with Gasteiger partial charge in [0.2, 0.25) is 0 Å². The summed E-state index contributed by atoms with van der Waals surface area (Å²) >= 11 is 0. The van der Waals surface area contributed by atoms with E-state index in [1.54, 1.807) is 25.3 Å². The molecule has 0 bridgehead atoms. The fourth-order valence-corrected chi connectivity index (χ4v) is 5.50. The Morgan fingerprint density at radius 1 is 1.18 bits per heavy atom. The topological polar surface area (TPSA) is 151 Å². The summed E-state index contributed by atoms with van der Waals surface area (Å²) in [5.41, 5.74) is -1.36. The summed E-state index contributed by atoms with van der Waals surface area (Å²) in [7, 11) is 0. The van der Waals surface area contributed by atoms with Crippen LogP contribution in [0.4, 0.5) is 0 Å². The Labute approximate surface area is 219 Å². The van der Waals surface area contributed by atoms with E-state index in [9.17, 15) is 24.3 Å². The summed E-state index contributed by atoms with van der Waals surface area (Å²) in [4.78, 5) is 52.1. The fraction of sp³-hybridized carbons (Fsp3) is 0.519. The van der Waals surface area contributed by atoms with E-state index in [-0.39, 0.29) is 36.0 Å². The largest absolute Gasteiger partial charge is 0.482 e. The highest BCUT2D eigenvalue weighted by Gasteiger charge is 2.57. The Bertz CT molecular complexity index is 1260. The molecule has 204 valence electrons. The van der Waals surface area contributed by atoms with Gasteiger partial charge in [-0.1, -0.05) is 0 Å². The van der Waals surface area contributed by atoms with E-state index in [1.807, 2.05) is 0 Å². The SMILES string of the molecule is CC(=O)OC[C@H](CC1C[C@@H]2[C@@H](O)c3c(cc(-c4cccnc4)oc3=O)O[C@@]2(C)[C@H](OC(C)=O)C1)OC(C)=O. The van der Waals surface area contributed by atoms with Crippen molar-refractivity contribution in [2.75, 3.05) is 6.61 Å². The lowest BCUT2D eigenvalue weighted by Gasteiger charge is -2.52. The lowest BCUT2D eigenvalue weighted by molar-refractivity contribution is -0.194. The van der Waals surface area contributed by atoms with E-state index in [1.165, 1.54) is 33.0 Å². The van der Waals surface area contributed by atoms with Crippen molar-refractivity contribution < 1.29 is 42.9 Å². The summed E-state index contributed by atoms with van der Waals surface area (Å²) in [5.74, 6) is -2.08. The summed E-state index contributed by atoms with van der Waals surface area (Å²) in [6.07, 6.45) is 1.32. The molecular formula is C27H31NO10. The van der Waals surface area contributed by atoms with E-state index in [2.05, 4.69) is 4.98 Å². The van der Waals surface area contributed by atoms with E-state index >= 15 is 0 Å². The van der Waals surface area contributed by atoms with Crippen LogP contribution in [0.15, 0.2) is 39.8 Å². The third kappa shape index (κ3) is 5.72. The van der Waals surface area contributed by atoms with Gasteiger partial charge in [0.25, 0.3) is 0 Å². The van der Waals surface area contributed by atoms with Crippen LogP contribution in [0.1, 0.15) is 58.6 Å². The van der Waals surface area contributed by atoms with Gasteiger partial charge >= 0.3 is 23.5 Å². The van der Waals surface area contributed by atoms with Gasteiger partial charge in [0.05, 0.1) is 6.10 Å².